The number of hydrogen-bond acceptors (Lipinski definition) is 5. The molecule has 0 unspecified atom stereocenters. The second-order valence-corrected chi connectivity index (χ2v) is 6.29. The number of rotatable bonds is 6. The van der Waals surface area contributed by atoms with Crippen LogP contribution < -0.4 is 0 Å². The van der Waals surface area contributed by atoms with Gasteiger partial charge < -0.3 is 9.84 Å². The number of aliphatic hydroxyl groups excluding tert-OH is 1. The van der Waals surface area contributed by atoms with E-state index in [0.717, 1.165) is 5.56 Å². The Morgan fingerprint density at radius 1 is 1.30 bits per heavy atom. The number of thiophene rings is 2. The van der Waals surface area contributed by atoms with Gasteiger partial charge in [-0.1, -0.05) is 13.8 Å². The topological polar surface area (TPSA) is 46.5 Å². The summed E-state index contributed by atoms with van der Waals surface area (Å²) < 4.78 is 5.64. The van der Waals surface area contributed by atoms with E-state index in [9.17, 15) is 9.90 Å². The van der Waals surface area contributed by atoms with Gasteiger partial charge in [-0.2, -0.15) is 22.7 Å². The maximum atomic E-state index is 12.1. The molecule has 2 aromatic heterocycles. The molecule has 3 nitrogen and oxygen atoms in total. The molecule has 0 saturated carbocycles. The highest BCUT2D eigenvalue weighted by Gasteiger charge is 2.29. The van der Waals surface area contributed by atoms with Crippen molar-refractivity contribution in [3.05, 3.63) is 44.8 Å². The molecular formula is C15H18O3S2. The van der Waals surface area contributed by atoms with Crippen LogP contribution in [0.3, 0.4) is 0 Å². The van der Waals surface area contributed by atoms with Crippen molar-refractivity contribution >= 4 is 28.6 Å². The summed E-state index contributed by atoms with van der Waals surface area (Å²) in [5.74, 6) is -0.477. The molecule has 0 saturated heterocycles. The fraction of sp³-hybridized carbons (Fsp3) is 0.400. The molecule has 0 aliphatic rings. The molecule has 0 aliphatic heterocycles. The van der Waals surface area contributed by atoms with Crippen molar-refractivity contribution in [1.82, 2.24) is 0 Å². The lowest BCUT2D eigenvalue weighted by Gasteiger charge is -2.26. The number of carbonyl (C=O) groups is 1. The van der Waals surface area contributed by atoms with E-state index in [1.807, 2.05) is 36.1 Å². The maximum absolute atomic E-state index is 12.1. The number of aliphatic hydroxyl groups is 1. The molecule has 108 valence electrons. The number of carbonyl (C=O) groups excluding carboxylic acids is 1. The Bertz CT molecular complexity index is 519. The first-order valence-corrected chi connectivity index (χ1v) is 8.45. The van der Waals surface area contributed by atoms with Crippen LogP contribution in [-0.2, 0) is 4.74 Å². The minimum atomic E-state index is -0.491. The summed E-state index contributed by atoms with van der Waals surface area (Å²) in [7, 11) is 0. The van der Waals surface area contributed by atoms with E-state index >= 15 is 0 Å². The van der Waals surface area contributed by atoms with Crippen LogP contribution in [0.5, 0.6) is 0 Å². The lowest BCUT2D eigenvalue weighted by Crippen LogP contribution is -2.27. The van der Waals surface area contributed by atoms with E-state index in [-0.39, 0.29) is 11.9 Å². The number of hydrogen-bond donors (Lipinski definition) is 1. The van der Waals surface area contributed by atoms with Crippen molar-refractivity contribution in [1.29, 1.82) is 0 Å². The van der Waals surface area contributed by atoms with Crippen molar-refractivity contribution in [2.75, 3.05) is 0 Å². The molecule has 2 heterocycles. The van der Waals surface area contributed by atoms with Gasteiger partial charge in [0.2, 0.25) is 0 Å². The zero-order chi connectivity index (χ0) is 14.5. The van der Waals surface area contributed by atoms with Crippen LogP contribution in [0.4, 0.5) is 0 Å². The van der Waals surface area contributed by atoms with Gasteiger partial charge in [-0.3, -0.25) is 0 Å². The van der Waals surface area contributed by atoms with E-state index in [0.29, 0.717) is 12.0 Å². The number of esters is 1. The monoisotopic (exact) mass is 310 g/mol. The molecule has 0 fully saturated rings. The molecule has 3 atom stereocenters. The predicted octanol–water partition coefficient (Wildman–Crippen LogP) is 4.11. The van der Waals surface area contributed by atoms with Crippen LogP contribution in [0.2, 0.25) is 0 Å². The van der Waals surface area contributed by atoms with Gasteiger partial charge in [0.1, 0.15) is 6.10 Å². The lowest BCUT2D eigenvalue weighted by atomic mass is 9.92. The van der Waals surface area contributed by atoms with E-state index < -0.39 is 12.2 Å². The predicted molar refractivity (Wildman–Crippen MR) is 82.3 cm³/mol. The van der Waals surface area contributed by atoms with Crippen LogP contribution in [-0.4, -0.2) is 17.2 Å². The summed E-state index contributed by atoms with van der Waals surface area (Å²) in [6.45, 7) is 3.84. The Labute approximate surface area is 126 Å². The van der Waals surface area contributed by atoms with Crippen LogP contribution in [0.25, 0.3) is 0 Å². The van der Waals surface area contributed by atoms with Crippen molar-refractivity contribution in [2.45, 2.75) is 32.5 Å². The van der Waals surface area contributed by atoms with Crippen molar-refractivity contribution in [2.24, 2.45) is 5.92 Å². The summed E-state index contributed by atoms with van der Waals surface area (Å²) in [6, 6.07) is 3.69. The molecule has 0 bridgehead atoms. The average molecular weight is 310 g/mol. The normalized spacial score (nSPS) is 15.6. The second kappa shape index (κ2) is 7.02. The van der Waals surface area contributed by atoms with Crippen LogP contribution in [0.1, 0.15) is 42.3 Å². The summed E-state index contributed by atoms with van der Waals surface area (Å²) in [6.07, 6.45) is -0.267. The van der Waals surface area contributed by atoms with Crippen LogP contribution >= 0.6 is 22.7 Å². The van der Waals surface area contributed by atoms with Crippen molar-refractivity contribution in [3.63, 3.8) is 0 Å². The minimum Gasteiger partial charge on any atom is -0.453 e. The molecule has 20 heavy (non-hydrogen) atoms. The standard InChI is InChI=1S/C15H18O3S2/c1-3-13(16)10(2)14(11-4-6-19-8-11)18-15(17)12-5-7-20-9-12/h4-10,13-14,16H,3H2,1-2H3/t10-,13+,14-/m1/s1. The van der Waals surface area contributed by atoms with Gasteiger partial charge in [0, 0.05) is 16.9 Å². The van der Waals surface area contributed by atoms with E-state index in [2.05, 4.69) is 0 Å². The molecular weight excluding hydrogens is 292 g/mol. The fourth-order valence-electron chi connectivity index (χ4n) is 2.05. The third-order valence-corrected chi connectivity index (χ3v) is 4.75. The third-order valence-electron chi connectivity index (χ3n) is 3.37. The molecule has 0 radical (unpaired) electrons. The number of ether oxygens (including phenoxy) is 1. The Morgan fingerprint density at radius 2 is 2.00 bits per heavy atom. The maximum Gasteiger partial charge on any atom is 0.339 e. The Balaban J connectivity index is 2.17. The SMILES string of the molecule is CC[C@H](O)[C@@H](C)[C@@H](OC(=O)c1ccsc1)c1ccsc1. The van der Waals surface area contributed by atoms with Gasteiger partial charge in [0.05, 0.1) is 11.7 Å². The largest absolute Gasteiger partial charge is 0.453 e. The Kier molecular flexibility index (Phi) is 5.34. The zero-order valence-electron chi connectivity index (χ0n) is 11.5. The highest BCUT2D eigenvalue weighted by atomic mass is 32.1. The van der Waals surface area contributed by atoms with Crippen molar-refractivity contribution < 1.29 is 14.6 Å². The summed E-state index contributed by atoms with van der Waals surface area (Å²) in [5.41, 5.74) is 1.51. The summed E-state index contributed by atoms with van der Waals surface area (Å²) in [5, 5.41) is 17.6. The smallest absolute Gasteiger partial charge is 0.339 e. The first-order chi connectivity index (χ1) is 9.63. The van der Waals surface area contributed by atoms with E-state index in [4.69, 9.17) is 4.74 Å². The van der Waals surface area contributed by atoms with Crippen LogP contribution in [0.15, 0.2) is 33.7 Å². The first kappa shape index (κ1) is 15.2. The summed E-state index contributed by atoms with van der Waals surface area (Å²) >= 11 is 3.02. The molecule has 2 rings (SSSR count). The first-order valence-electron chi connectivity index (χ1n) is 6.56. The molecule has 0 amide bonds. The fourth-order valence-corrected chi connectivity index (χ4v) is 3.36. The highest BCUT2D eigenvalue weighted by molar-refractivity contribution is 7.08. The molecule has 0 spiro atoms. The second-order valence-electron chi connectivity index (χ2n) is 4.73. The lowest BCUT2D eigenvalue weighted by molar-refractivity contribution is -0.0152. The molecule has 0 aliphatic carbocycles. The van der Waals surface area contributed by atoms with Gasteiger partial charge >= 0.3 is 5.97 Å². The molecule has 5 heteroatoms. The van der Waals surface area contributed by atoms with Crippen LogP contribution in [0, 0.1) is 5.92 Å². The van der Waals surface area contributed by atoms with Gasteiger partial charge in [0.15, 0.2) is 0 Å². The molecule has 1 N–H and O–H groups in total. The quantitative estimate of drug-likeness (QED) is 0.817. The molecule has 2 aromatic rings. The molecule has 0 aromatic carbocycles. The average Bonchev–Trinajstić information content (AvgIpc) is 3.14. The Morgan fingerprint density at radius 3 is 2.55 bits per heavy atom. The zero-order valence-corrected chi connectivity index (χ0v) is 13.1. The highest BCUT2D eigenvalue weighted by Crippen LogP contribution is 2.32. The van der Waals surface area contributed by atoms with Crippen molar-refractivity contribution in [3.8, 4) is 0 Å². The minimum absolute atomic E-state index is 0.141. The van der Waals surface area contributed by atoms with Gasteiger partial charge in [0.25, 0.3) is 0 Å². The van der Waals surface area contributed by atoms with Gasteiger partial charge in [-0.15, -0.1) is 0 Å². The Hall–Kier alpha value is -1.17. The third kappa shape index (κ3) is 3.48. The van der Waals surface area contributed by atoms with E-state index in [1.165, 1.54) is 11.3 Å². The van der Waals surface area contributed by atoms with Gasteiger partial charge in [-0.25, -0.2) is 4.79 Å². The van der Waals surface area contributed by atoms with Gasteiger partial charge in [-0.05, 0) is 34.7 Å². The van der Waals surface area contributed by atoms with E-state index in [1.54, 1.807) is 22.8 Å². The summed E-state index contributed by atoms with van der Waals surface area (Å²) in [4.78, 5) is 12.1.